The molecule has 152 valence electrons. The predicted octanol–water partition coefficient (Wildman–Crippen LogP) is 3.00. The second-order valence-electron chi connectivity index (χ2n) is 6.82. The molecule has 0 aliphatic heterocycles. The van der Waals surface area contributed by atoms with Gasteiger partial charge in [0.15, 0.2) is 5.65 Å². The van der Waals surface area contributed by atoms with Crippen LogP contribution in [0.4, 0.5) is 9.18 Å². The van der Waals surface area contributed by atoms with Crippen LogP contribution < -0.4 is 5.32 Å². The number of carbonyl (C=O) groups is 1. The molecule has 30 heavy (non-hydrogen) atoms. The van der Waals surface area contributed by atoms with Crippen molar-refractivity contribution in [3.8, 4) is 0 Å². The summed E-state index contributed by atoms with van der Waals surface area (Å²) in [5.74, 6) is -0.322. The van der Waals surface area contributed by atoms with Crippen molar-refractivity contribution < 1.29 is 9.18 Å². The predicted molar refractivity (Wildman–Crippen MR) is 112 cm³/mol. The lowest BCUT2D eigenvalue weighted by molar-refractivity contribution is 0.213. The van der Waals surface area contributed by atoms with E-state index in [9.17, 15) is 9.18 Å². The number of hydrogen-bond acceptors (Lipinski definition) is 5. The van der Waals surface area contributed by atoms with Crippen LogP contribution in [0.1, 0.15) is 23.9 Å². The molecule has 0 fully saturated rings. The normalized spacial score (nSPS) is 11.8. The van der Waals surface area contributed by atoms with Crippen molar-refractivity contribution in [2.75, 3.05) is 14.1 Å². The van der Waals surface area contributed by atoms with Gasteiger partial charge in [0, 0.05) is 38.2 Å². The average molecular weight is 405 g/mol. The molecule has 8 nitrogen and oxygen atoms in total. The molecule has 3 aromatic heterocycles. The van der Waals surface area contributed by atoms with Crippen LogP contribution in [0.5, 0.6) is 0 Å². The summed E-state index contributed by atoms with van der Waals surface area (Å²) in [6.07, 6.45) is 3.65. The lowest BCUT2D eigenvalue weighted by atomic mass is 10.1. The lowest BCUT2D eigenvalue weighted by Gasteiger charge is -2.11. The number of pyridine rings is 1. The Morgan fingerprint density at radius 2 is 2.10 bits per heavy atom. The Balaban J connectivity index is 1.69. The largest absolute Gasteiger partial charge is 0.340 e. The number of nitrogens with one attached hydrogen (secondary N) is 1. The van der Waals surface area contributed by atoms with Crippen LogP contribution in [0.2, 0.25) is 0 Å². The van der Waals surface area contributed by atoms with Gasteiger partial charge in [-0.05, 0) is 36.8 Å². The topological polar surface area (TPSA) is 87.8 Å². The van der Waals surface area contributed by atoms with E-state index in [0.29, 0.717) is 34.6 Å². The van der Waals surface area contributed by atoms with Crippen LogP contribution in [-0.2, 0) is 6.42 Å². The summed E-state index contributed by atoms with van der Waals surface area (Å²) in [6, 6.07) is 10.2. The quantitative estimate of drug-likeness (QED) is 0.418. The fourth-order valence-corrected chi connectivity index (χ4v) is 3.19. The number of rotatable bonds is 4. The fraction of sp³-hybridized carbons (Fsp3) is 0.190. The minimum atomic E-state index is -0.333. The zero-order valence-electron chi connectivity index (χ0n) is 16.8. The molecule has 3 heterocycles. The van der Waals surface area contributed by atoms with Gasteiger partial charge in [0.2, 0.25) is 0 Å². The zero-order valence-corrected chi connectivity index (χ0v) is 16.8. The van der Waals surface area contributed by atoms with Crippen LogP contribution in [0.3, 0.4) is 0 Å². The van der Waals surface area contributed by atoms with Gasteiger partial charge in [-0.2, -0.15) is 10.2 Å². The Labute approximate surface area is 172 Å². The maximum absolute atomic E-state index is 14.6. The summed E-state index contributed by atoms with van der Waals surface area (Å²) < 4.78 is 16.3. The molecular weight excluding hydrogens is 385 g/mol. The molecule has 2 amide bonds. The molecule has 4 aromatic rings. The first-order valence-electron chi connectivity index (χ1n) is 9.34. The lowest BCUT2D eigenvalue weighted by Crippen LogP contribution is -2.31. The Kier molecular flexibility index (Phi) is 5.09. The van der Waals surface area contributed by atoms with Crippen LogP contribution in [-0.4, -0.2) is 50.4 Å². The van der Waals surface area contributed by atoms with Crippen molar-refractivity contribution >= 4 is 28.3 Å². The number of carbonyl (C=O) groups excluding carboxylic acids is 1. The van der Waals surface area contributed by atoms with Gasteiger partial charge in [-0.3, -0.25) is 4.98 Å². The van der Waals surface area contributed by atoms with Crippen molar-refractivity contribution in [2.45, 2.75) is 13.3 Å². The third kappa shape index (κ3) is 3.69. The van der Waals surface area contributed by atoms with E-state index in [2.05, 4.69) is 25.5 Å². The second kappa shape index (κ2) is 7.86. The number of urea groups is 1. The van der Waals surface area contributed by atoms with Gasteiger partial charge >= 0.3 is 6.03 Å². The first-order valence-corrected chi connectivity index (χ1v) is 9.34. The van der Waals surface area contributed by atoms with E-state index in [-0.39, 0.29) is 11.8 Å². The number of aromatic nitrogens is 4. The highest BCUT2D eigenvalue weighted by Crippen LogP contribution is 2.20. The summed E-state index contributed by atoms with van der Waals surface area (Å²) in [5.41, 5.74) is 3.68. The van der Waals surface area contributed by atoms with E-state index in [1.54, 1.807) is 43.0 Å². The Bertz CT molecular complexity index is 1280. The minimum absolute atomic E-state index is 0.322. The van der Waals surface area contributed by atoms with E-state index in [1.807, 2.05) is 18.2 Å². The SMILES string of the molecule is CNC(=O)N(C)/N=C(/C)c1ccc2ncc(Cc3cc4cccnc4cc3F)n2n1. The number of hydrogen-bond donors (Lipinski definition) is 1. The van der Waals surface area contributed by atoms with Gasteiger partial charge < -0.3 is 5.32 Å². The molecule has 1 N–H and O–H groups in total. The first kappa shape index (κ1) is 19.4. The van der Waals surface area contributed by atoms with Gasteiger partial charge in [-0.1, -0.05) is 6.07 Å². The van der Waals surface area contributed by atoms with Gasteiger partial charge in [-0.15, -0.1) is 0 Å². The fourth-order valence-electron chi connectivity index (χ4n) is 3.19. The van der Waals surface area contributed by atoms with Crippen LogP contribution in [0, 0.1) is 5.82 Å². The number of fused-ring (bicyclic) bond motifs is 2. The van der Waals surface area contributed by atoms with Crippen molar-refractivity contribution in [3.05, 3.63) is 71.6 Å². The molecule has 0 unspecified atom stereocenters. The zero-order chi connectivity index (χ0) is 21.3. The Morgan fingerprint density at radius 3 is 2.90 bits per heavy atom. The maximum atomic E-state index is 14.6. The van der Waals surface area contributed by atoms with E-state index >= 15 is 0 Å². The molecule has 0 aliphatic carbocycles. The molecule has 0 bridgehead atoms. The molecule has 0 radical (unpaired) electrons. The molecule has 1 aromatic carbocycles. The van der Waals surface area contributed by atoms with E-state index < -0.39 is 0 Å². The van der Waals surface area contributed by atoms with Crippen molar-refractivity contribution in [3.63, 3.8) is 0 Å². The van der Waals surface area contributed by atoms with Gasteiger partial charge in [0.05, 0.1) is 23.1 Å². The van der Waals surface area contributed by atoms with E-state index in [1.165, 1.54) is 18.1 Å². The molecule has 0 atom stereocenters. The summed E-state index contributed by atoms with van der Waals surface area (Å²) in [5, 5.41) is 13.4. The highest BCUT2D eigenvalue weighted by Gasteiger charge is 2.13. The van der Waals surface area contributed by atoms with Gasteiger partial charge in [0.25, 0.3) is 0 Å². The smallest absolute Gasteiger partial charge is 0.337 e. The Morgan fingerprint density at radius 1 is 1.27 bits per heavy atom. The summed E-state index contributed by atoms with van der Waals surface area (Å²) in [7, 11) is 3.09. The molecule has 0 saturated carbocycles. The highest BCUT2D eigenvalue weighted by molar-refractivity contribution is 5.97. The van der Waals surface area contributed by atoms with Crippen LogP contribution >= 0.6 is 0 Å². The number of hydrazone groups is 1. The standard InChI is InChI=1S/C21H20FN7O/c1-13(26-28(3)21(30)23-2)18-6-7-20-25-12-16(29(20)27-18)10-15-9-14-5-4-8-24-19(14)11-17(15)22/h4-9,11-12H,10H2,1-3H3,(H,23,30)/b26-13-. The maximum Gasteiger partial charge on any atom is 0.337 e. The molecular formula is C21H20FN7O. The van der Waals surface area contributed by atoms with Gasteiger partial charge in [-0.25, -0.2) is 23.7 Å². The summed E-state index contributed by atoms with van der Waals surface area (Å²) >= 11 is 0. The number of imidazole rings is 1. The van der Waals surface area contributed by atoms with Crippen molar-refractivity contribution in [1.29, 1.82) is 0 Å². The minimum Gasteiger partial charge on any atom is -0.340 e. The van der Waals surface area contributed by atoms with Crippen molar-refractivity contribution in [2.24, 2.45) is 5.10 Å². The molecule has 9 heteroatoms. The first-order chi connectivity index (χ1) is 14.5. The van der Waals surface area contributed by atoms with Crippen LogP contribution in [0.25, 0.3) is 16.6 Å². The summed E-state index contributed by atoms with van der Waals surface area (Å²) in [4.78, 5) is 20.2. The second-order valence-corrected chi connectivity index (χ2v) is 6.82. The summed E-state index contributed by atoms with van der Waals surface area (Å²) in [6.45, 7) is 1.76. The van der Waals surface area contributed by atoms with Crippen LogP contribution in [0.15, 0.2) is 53.9 Å². The monoisotopic (exact) mass is 405 g/mol. The Hall–Kier alpha value is -3.88. The van der Waals surface area contributed by atoms with Crippen molar-refractivity contribution in [1.82, 2.24) is 29.9 Å². The molecule has 0 spiro atoms. The molecule has 0 aliphatic rings. The third-order valence-corrected chi connectivity index (χ3v) is 4.75. The van der Waals surface area contributed by atoms with Gasteiger partial charge in [0.1, 0.15) is 11.5 Å². The van der Waals surface area contributed by atoms with E-state index in [4.69, 9.17) is 0 Å². The number of amides is 2. The highest BCUT2D eigenvalue weighted by atomic mass is 19.1. The number of nitrogens with zero attached hydrogens (tertiary/aromatic N) is 6. The number of benzene rings is 1. The third-order valence-electron chi connectivity index (χ3n) is 4.75. The average Bonchev–Trinajstić information content (AvgIpc) is 3.15. The number of halogens is 1. The van der Waals surface area contributed by atoms with E-state index in [0.717, 1.165) is 11.1 Å². The molecule has 4 rings (SSSR count). The molecule has 0 saturated heterocycles.